The van der Waals surface area contributed by atoms with Crippen molar-refractivity contribution in [1.29, 1.82) is 0 Å². The van der Waals surface area contributed by atoms with Crippen LogP contribution in [0.2, 0.25) is 10.0 Å². The maximum atomic E-state index is 13.3. The predicted octanol–water partition coefficient (Wildman–Crippen LogP) is 11.7. The zero-order chi connectivity index (χ0) is 45.7. The molecular formula is C51H58Cl2F2IN7O2. The van der Waals surface area contributed by atoms with E-state index in [9.17, 15) is 18.4 Å². The highest BCUT2D eigenvalue weighted by Gasteiger charge is 2.46. The van der Waals surface area contributed by atoms with E-state index in [0.717, 1.165) is 98.5 Å². The summed E-state index contributed by atoms with van der Waals surface area (Å²) in [5, 5.41) is 7.43. The van der Waals surface area contributed by atoms with Gasteiger partial charge >= 0.3 is 0 Å². The number of ketones is 1. The fraction of sp³-hybridized carbons (Fsp3) is 0.451. The third-order valence-corrected chi connectivity index (χ3v) is 15.0. The fourth-order valence-electron chi connectivity index (χ4n) is 10.1. The molecule has 0 atom stereocenters. The lowest BCUT2D eigenvalue weighted by atomic mass is 9.62. The second-order valence-electron chi connectivity index (χ2n) is 18.3. The van der Waals surface area contributed by atoms with Crippen molar-refractivity contribution in [3.05, 3.63) is 133 Å². The molecule has 4 fully saturated rings. The number of piperidine rings is 2. The predicted molar refractivity (Wildman–Crippen MR) is 265 cm³/mol. The number of aryl methyl sites for hydroxylation is 3. The van der Waals surface area contributed by atoms with E-state index >= 15 is 0 Å². The third-order valence-electron chi connectivity index (χ3n) is 13.9. The molecule has 2 aliphatic heterocycles. The molecule has 4 aliphatic rings. The molecule has 2 aromatic carbocycles. The Bertz CT molecular complexity index is 2580. The standard InChI is InChI=1S/C26H29ClFN3O.C17H15ClIN3O.C8H14FN/c1-2-22-25(31-17-19(27)6-10-24(31)29-22)23(32)9-5-18-3-7-21(8-4-18)30-13-11-26(12-14-30)15-20(28)16-26;1-2-14-16(22-10-12(18)5-8-15(22)21-14)17(23)20-9-11-3-6-13(19)7-4-11;9-7-5-8(6-7)1-3-10-4-2-8/h3-4,6-8,10,17,20H,2,5,9,11-16H2,1H3;3-8,10H,2,9H2,1H3,(H,20,23);7,10H,1-6H2. The van der Waals surface area contributed by atoms with E-state index in [1.807, 2.05) is 54.6 Å². The van der Waals surface area contributed by atoms with Gasteiger partial charge in [0.1, 0.15) is 35.0 Å². The number of alkyl halides is 2. The molecule has 6 aromatic rings. The summed E-state index contributed by atoms with van der Waals surface area (Å²) >= 11 is 14.5. The number of carbonyl (C=O) groups is 2. The first-order chi connectivity index (χ1) is 31.3. The van der Waals surface area contributed by atoms with E-state index in [0.29, 0.717) is 59.1 Å². The molecule has 65 heavy (non-hydrogen) atoms. The molecule has 14 heteroatoms. The van der Waals surface area contributed by atoms with E-state index < -0.39 is 12.3 Å². The van der Waals surface area contributed by atoms with E-state index in [1.54, 1.807) is 28.9 Å². The second-order valence-corrected chi connectivity index (χ2v) is 20.4. The minimum atomic E-state index is -0.575. The quantitative estimate of drug-likeness (QED) is 0.105. The molecule has 9 nitrogen and oxygen atoms in total. The molecule has 0 unspecified atom stereocenters. The number of pyridine rings is 2. The number of anilines is 1. The lowest BCUT2D eigenvalue weighted by Crippen LogP contribution is -2.48. The fourth-order valence-corrected chi connectivity index (χ4v) is 10.7. The Hall–Kier alpha value is -4.11. The molecular weight excluding hydrogens is 978 g/mol. The van der Waals surface area contributed by atoms with Gasteiger partial charge in [-0.2, -0.15) is 0 Å². The zero-order valence-corrected chi connectivity index (χ0v) is 40.9. The summed E-state index contributed by atoms with van der Waals surface area (Å²) in [6.07, 6.45) is 12.7. The first kappa shape index (κ1) is 47.4. The number of imidazole rings is 2. The summed E-state index contributed by atoms with van der Waals surface area (Å²) in [5.74, 6) is -0.0520. The van der Waals surface area contributed by atoms with Gasteiger partial charge in [0, 0.05) is 47.7 Å². The second kappa shape index (κ2) is 20.8. The maximum Gasteiger partial charge on any atom is 0.270 e. The summed E-state index contributed by atoms with van der Waals surface area (Å²) in [7, 11) is 0. The SMILES string of the molecule is CCc1nc2ccc(Cl)cn2c1C(=O)CCc1ccc(N2CCC3(CC2)CC(F)C3)cc1.CCc1nc2ccc(Cl)cn2c1C(=O)NCc1ccc(I)cc1.FC1CC2(CCNCC2)C1. The Kier molecular flexibility index (Phi) is 15.2. The van der Waals surface area contributed by atoms with Crippen LogP contribution in [-0.4, -0.2) is 69.0 Å². The number of nitrogens with zero attached hydrogens (tertiary/aromatic N) is 5. The van der Waals surface area contributed by atoms with Gasteiger partial charge in [-0.25, -0.2) is 18.7 Å². The van der Waals surface area contributed by atoms with Crippen LogP contribution in [0.1, 0.15) is 115 Å². The van der Waals surface area contributed by atoms with Crippen molar-refractivity contribution in [3.8, 4) is 0 Å². The van der Waals surface area contributed by atoms with Crippen LogP contribution in [0.25, 0.3) is 11.3 Å². The molecule has 6 heterocycles. The van der Waals surface area contributed by atoms with Crippen LogP contribution in [0.15, 0.2) is 85.2 Å². The maximum absolute atomic E-state index is 13.3. The number of hydrogen-bond acceptors (Lipinski definition) is 6. The van der Waals surface area contributed by atoms with Crippen molar-refractivity contribution in [2.24, 2.45) is 10.8 Å². The topological polar surface area (TPSA) is 96.0 Å². The highest BCUT2D eigenvalue weighted by atomic mass is 127. The Morgan fingerprint density at radius 2 is 1.23 bits per heavy atom. The highest BCUT2D eigenvalue weighted by Crippen LogP contribution is 2.51. The minimum Gasteiger partial charge on any atom is -0.371 e. The van der Waals surface area contributed by atoms with Crippen LogP contribution in [0.3, 0.4) is 0 Å². The summed E-state index contributed by atoms with van der Waals surface area (Å²) in [5.41, 5.74) is 8.41. The van der Waals surface area contributed by atoms with Gasteiger partial charge in [-0.3, -0.25) is 18.4 Å². The van der Waals surface area contributed by atoms with Crippen LogP contribution in [0.4, 0.5) is 14.5 Å². The molecule has 344 valence electrons. The molecule has 2 aliphatic carbocycles. The van der Waals surface area contributed by atoms with Crippen molar-refractivity contribution < 1.29 is 18.4 Å². The van der Waals surface area contributed by atoms with Crippen LogP contribution < -0.4 is 15.5 Å². The number of nitrogens with one attached hydrogen (secondary N) is 2. The average molecular weight is 1040 g/mol. The van der Waals surface area contributed by atoms with Gasteiger partial charge in [-0.05, 0) is 177 Å². The van der Waals surface area contributed by atoms with Gasteiger partial charge in [0.15, 0.2) is 5.78 Å². The van der Waals surface area contributed by atoms with Crippen LogP contribution in [0.5, 0.6) is 0 Å². The molecule has 10 rings (SSSR count). The Morgan fingerprint density at radius 3 is 1.77 bits per heavy atom. The summed E-state index contributed by atoms with van der Waals surface area (Å²) in [6.45, 7) is 8.69. The van der Waals surface area contributed by atoms with Crippen molar-refractivity contribution >= 4 is 74.5 Å². The molecule has 2 saturated carbocycles. The highest BCUT2D eigenvalue weighted by molar-refractivity contribution is 14.1. The molecule has 2 spiro atoms. The van der Waals surface area contributed by atoms with Gasteiger partial charge < -0.3 is 15.5 Å². The Balaban J connectivity index is 0.000000151. The van der Waals surface area contributed by atoms with Gasteiger partial charge in [-0.1, -0.05) is 61.3 Å². The number of rotatable bonds is 10. The lowest BCUT2D eigenvalue weighted by Gasteiger charge is -2.50. The molecule has 4 aromatic heterocycles. The third kappa shape index (κ3) is 11.2. The largest absolute Gasteiger partial charge is 0.371 e. The van der Waals surface area contributed by atoms with Crippen LogP contribution >= 0.6 is 45.8 Å². The zero-order valence-electron chi connectivity index (χ0n) is 37.2. The van der Waals surface area contributed by atoms with Crippen molar-refractivity contribution in [2.45, 2.75) is 110 Å². The van der Waals surface area contributed by atoms with Crippen molar-refractivity contribution in [3.63, 3.8) is 0 Å². The first-order valence-electron chi connectivity index (χ1n) is 23.1. The van der Waals surface area contributed by atoms with Crippen LogP contribution in [0, 0.1) is 14.4 Å². The normalized spacial score (nSPS) is 18.6. The number of fused-ring (bicyclic) bond motifs is 2. The minimum absolute atomic E-state index is 0.0914. The lowest BCUT2D eigenvalue weighted by molar-refractivity contribution is -0.000481. The smallest absolute Gasteiger partial charge is 0.270 e. The van der Waals surface area contributed by atoms with Gasteiger partial charge in [-0.15, -0.1) is 0 Å². The number of amides is 1. The number of aromatic nitrogens is 4. The molecule has 1 amide bonds. The van der Waals surface area contributed by atoms with Crippen LogP contribution in [-0.2, 0) is 25.8 Å². The number of hydrogen-bond donors (Lipinski definition) is 2. The number of Topliss-reactive ketones (excluding diaryl/α,β-unsaturated/α-hetero) is 1. The monoisotopic (exact) mass is 1040 g/mol. The van der Waals surface area contributed by atoms with E-state index in [2.05, 4.69) is 72.4 Å². The molecule has 2 N–H and O–H groups in total. The average Bonchev–Trinajstić information content (AvgIpc) is 3.86. The molecule has 2 saturated heterocycles. The van der Waals surface area contributed by atoms with E-state index in [4.69, 9.17) is 23.2 Å². The van der Waals surface area contributed by atoms with Gasteiger partial charge in [0.05, 0.1) is 21.4 Å². The molecule has 0 radical (unpaired) electrons. The Morgan fingerprint density at radius 1 is 0.723 bits per heavy atom. The van der Waals surface area contributed by atoms with Crippen molar-refractivity contribution in [2.75, 3.05) is 31.1 Å². The number of carbonyl (C=O) groups excluding carboxylic acids is 2. The van der Waals surface area contributed by atoms with E-state index in [1.165, 1.54) is 22.1 Å². The number of halogens is 5. The van der Waals surface area contributed by atoms with Crippen molar-refractivity contribution in [1.82, 2.24) is 29.4 Å². The molecule has 0 bridgehead atoms. The van der Waals surface area contributed by atoms with E-state index in [-0.39, 0.29) is 17.1 Å². The van der Waals surface area contributed by atoms with Gasteiger partial charge in [0.25, 0.3) is 5.91 Å². The van der Waals surface area contributed by atoms with Gasteiger partial charge in [0.2, 0.25) is 0 Å². The number of benzene rings is 2. The summed E-state index contributed by atoms with van der Waals surface area (Å²) in [4.78, 5) is 37.2. The summed E-state index contributed by atoms with van der Waals surface area (Å²) in [6, 6.07) is 23.9. The summed E-state index contributed by atoms with van der Waals surface area (Å²) < 4.78 is 30.6. The first-order valence-corrected chi connectivity index (χ1v) is 24.9. The Labute approximate surface area is 404 Å².